The Bertz CT molecular complexity index is 888. The predicted octanol–water partition coefficient (Wildman–Crippen LogP) is 3.70. The molecule has 0 aliphatic heterocycles. The van der Waals surface area contributed by atoms with Crippen molar-refractivity contribution < 1.29 is 38.5 Å². The fourth-order valence-electron chi connectivity index (χ4n) is 5.50. The number of aliphatic hydroxyl groups excluding tert-OH is 1. The van der Waals surface area contributed by atoms with Crippen LogP contribution in [-0.4, -0.2) is 54.2 Å². The highest BCUT2D eigenvalue weighted by Gasteiger charge is 2.60. The standard InChI is InChI=1S/C27H40O8/c1-8-9-23(30)35-21-13-11-15(2)10-12-19(16(3)26(32)33-7)25(31)24-17(4)20(29)14-22(27(21,24)6)34-18(5)28/h10,12,16-17,20-22,24,29H,8-9,11,13-14H2,1-7H3/b15-10-,19-12-/t16-,17-,20-,21-,22+,24-,27+/m1/s1. The van der Waals surface area contributed by atoms with Gasteiger partial charge < -0.3 is 19.3 Å². The molecule has 0 aromatic rings. The number of carbonyl (C=O) groups is 4. The monoisotopic (exact) mass is 492 g/mol. The first-order valence-electron chi connectivity index (χ1n) is 12.4. The number of allylic oxidation sites excluding steroid dienone is 3. The summed E-state index contributed by atoms with van der Waals surface area (Å²) in [5.41, 5.74) is 0.0616. The molecule has 35 heavy (non-hydrogen) atoms. The van der Waals surface area contributed by atoms with Gasteiger partial charge in [-0.25, -0.2) is 0 Å². The Hall–Kier alpha value is -2.48. The van der Waals surface area contributed by atoms with Gasteiger partial charge in [0.05, 0.1) is 24.5 Å². The molecule has 0 aromatic heterocycles. The molecule has 2 aliphatic rings. The number of Topliss-reactive ketones (excluding diaryl/α,β-unsaturated/α-hetero) is 1. The maximum atomic E-state index is 14.2. The van der Waals surface area contributed by atoms with Crippen LogP contribution in [0.15, 0.2) is 23.3 Å². The molecular formula is C27H40O8. The van der Waals surface area contributed by atoms with Gasteiger partial charge in [0.15, 0.2) is 5.78 Å². The lowest BCUT2D eigenvalue weighted by atomic mass is 9.54. The normalized spacial score (nSPS) is 35.3. The van der Waals surface area contributed by atoms with Crippen molar-refractivity contribution in [2.75, 3.05) is 7.11 Å². The lowest BCUT2D eigenvalue weighted by Crippen LogP contribution is -2.61. The van der Waals surface area contributed by atoms with Gasteiger partial charge in [0.2, 0.25) is 0 Å². The summed E-state index contributed by atoms with van der Waals surface area (Å²) >= 11 is 0. The fraction of sp³-hybridized carbons (Fsp3) is 0.704. The molecule has 1 N–H and O–H groups in total. The number of hydrogen-bond acceptors (Lipinski definition) is 8. The summed E-state index contributed by atoms with van der Waals surface area (Å²) in [7, 11) is 1.27. The van der Waals surface area contributed by atoms with Gasteiger partial charge in [-0.2, -0.15) is 0 Å². The van der Waals surface area contributed by atoms with E-state index in [0.717, 1.165) is 5.57 Å². The Morgan fingerprint density at radius 3 is 2.43 bits per heavy atom. The van der Waals surface area contributed by atoms with Gasteiger partial charge in [-0.3, -0.25) is 19.2 Å². The summed E-state index contributed by atoms with van der Waals surface area (Å²) in [6.45, 7) is 10.2. The molecule has 1 saturated carbocycles. The van der Waals surface area contributed by atoms with Crippen LogP contribution in [0.5, 0.6) is 0 Å². The number of methoxy groups -OCH3 is 1. The first-order valence-corrected chi connectivity index (χ1v) is 12.4. The molecule has 7 atom stereocenters. The van der Waals surface area contributed by atoms with Gasteiger partial charge in [0, 0.05) is 31.3 Å². The number of esters is 3. The molecule has 0 unspecified atom stereocenters. The van der Waals surface area contributed by atoms with Crippen molar-refractivity contribution in [2.45, 2.75) is 92.0 Å². The Morgan fingerprint density at radius 2 is 1.86 bits per heavy atom. The average molecular weight is 493 g/mol. The topological polar surface area (TPSA) is 116 Å². The summed E-state index contributed by atoms with van der Waals surface area (Å²) in [6, 6.07) is 0. The van der Waals surface area contributed by atoms with E-state index >= 15 is 0 Å². The number of carbonyl (C=O) groups excluding carboxylic acids is 4. The maximum absolute atomic E-state index is 14.2. The zero-order chi connectivity index (χ0) is 26.5. The highest BCUT2D eigenvalue weighted by Crippen LogP contribution is 2.52. The predicted molar refractivity (Wildman–Crippen MR) is 129 cm³/mol. The Morgan fingerprint density at radius 1 is 1.20 bits per heavy atom. The van der Waals surface area contributed by atoms with E-state index < -0.39 is 53.4 Å². The second-order valence-electron chi connectivity index (χ2n) is 10.1. The van der Waals surface area contributed by atoms with E-state index in [1.165, 1.54) is 14.0 Å². The third-order valence-electron chi connectivity index (χ3n) is 7.62. The molecule has 0 aromatic carbocycles. The molecule has 2 rings (SSSR count). The second-order valence-corrected chi connectivity index (χ2v) is 10.1. The molecule has 8 nitrogen and oxygen atoms in total. The van der Waals surface area contributed by atoms with E-state index in [9.17, 15) is 24.3 Å². The SMILES string of the molecule is CCCC(=O)O[C@@H]1CC/C(C)=C\C=C(\[C@@H](C)C(=O)OC)C(=O)[C@H]2[C@H](C)[C@H](O)C[C@H](OC(C)=O)[C@]12C. The van der Waals surface area contributed by atoms with Gasteiger partial charge in [-0.1, -0.05) is 38.5 Å². The number of ether oxygens (including phenoxy) is 3. The number of rotatable bonds is 6. The van der Waals surface area contributed by atoms with Crippen molar-refractivity contribution >= 4 is 23.7 Å². The molecule has 0 radical (unpaired) electrons. The van der Waals surface area contributed by atoms with Gasteiger partial charge in [0.1, 0.15) is 12.2 Å². The Kier molecular flexibility index (Phi) is 9.84. The first kappa shape index (κ1) is 28.8. The molecule has 2 aliphatic carbocycles. The van der Waals surface area contributed by atoms with E-state index in [-0.39, 0.29) is 30.2 Å². The van der Waals surface area contributed by atoms with Gasteiger partial charge in [0.25, 0.3) is 0 Å². The first-order chi connectivity index (χ1) is 16.4. The minimum absolute atomic E-state index is 0.114. The van der Waals surface area contributed by atoms with Crippen molar-refractivity contribution in [3.63, 3.8) is 0 Å². The maximum Gasteiger partial charge on any atom is 0.312 e. The zero-order valence-corrected chi connectivity index (χ0v) is 22.0. The van der Waals surface area contributed by atoms with Crippen LogP contribution in [0, 0.1) is 23.2 Å². The van der Waals surface area contributed by atoms with Crippen LogP contribution in [0.1, 0.15) is 73.6 Å². The largest absolute Gasteiger partial charge is 0.469 e. The van der Waals surface area contributed by atoms with Crippen LogP contribution >= 0.6 is 0 Å². The number of ketones is 1. The summed E-state index contributed by atoms with van der Waals surface area (Å²) in [5, 5.41) is 10.9. The van der Waals surface area contributed by atoms with Crippen LogP contribution < -0.4 is 0 Å². The van der Waals surface area contributed by atoms with E-state index in [1.54, 1.807) is 32.9 Å². The molecule has 0 spiro atoms. The molecule has 0 saturated heterocycles. The smallest absolute Gasteiger partial charge is 0.312 e. The van der Waals surface area contributed by atoms with Crippen LogP contribution in [0.4, 0.5) is 0 Å². The van der Waals surface area contributed by atoms with E-state index in [1.807, 2.05) is 13.8 Å². The minimum Gasteiger partial charge on any atom is -0.469 e. The molecule has 1 fully saturated rings. The van der Waals surface area contributed by atoms with Crippen molar-refractivity contribution in [1.82, 2.24) is 0 Å². The average Bonchev–Trinajstić information content (AvgIpc) is 2.78. The quantitative estimate of drug-likeness (QED) is 0.441. The number of aliphatic hydroxyl groups is 1. The fourth-order valence-corrected chi connectivity index (χ4v) is 5.50. The van der Waals surface area contributed by atoms with Crippen molar-refractivity contribution in [1.29, 1.82) is 0 Å². The van der Waals surface area contributed by atoms with E-state index in [2.05, 4.69) is 0 Å². The van der Waals surface area contributed by atoms with Gasteiger partial charge in [-0.05, 0) is 39.0 Å². The van der Waals surface area contributed by atoms with Crippen LogP contribution in [0.2, 0.25) is 0 Å². The van der Waals surface area contributed by atoms with Crippen LogP contribution in [0.25, 0.3) is 0 Å². The summed E-state index contributed by atoms with van der Waals surface area (Å²) < 4.78 is 16.6. The van der Waals surface area contributed by atoms with E-state index in [4.69, 9.17) is 14.2 Å². The molecule has 8 heteroatoms. The molecular weight excluding hydrogens is 452 g/mol. The van der Waals surface area contributed by atoms with Crippen LogP contribution in [-0.2, 0) is 33.4 Å². The minimum atomic E-state index is -1.13. The molecule has 0 heterocycles. The lowest BCUT2D eigenvalue weighted by molar-refractivity contribution is -0.205. The highest BCUT2D eigenvalue weighted by molar-refractivity contribution is 6.02. The Balaban J connectivity index is 2.76. The molecule has 196 valence electrons. The van der Waals surface area contributed by atoms with Crippen molar-refractivity contribution in [3.05, 3.63) is 23.3 Å². The molecule has 0 bridgehead atoms. The number of fused-ring (bicyclic) bond motifs is 1. The van der Waals surface area contributed by atoms with Crippen LogP contribution in [0.3, 0.4) is 0 Å². The zero-order valence-electron chi connectivity index (χ0n) is 22.0. The lowest BCUT2D eigenvalue weighted by Gasteiger charge is -2.53. The van der Waals surface area contributed by atoms with Gasteiger partial charge >= 0.3 is 17.9 Å². The highest BCUT2D eigenvalue weighted by atomic mass is 16.6. The second kappa shape index (κ2) is 12.0. The molecule has 0 amide bonds. The van der Waals surface area contributed by atoms with Gasteiger partial charge in [-0.15, -0.1) is 0 Å². The Labute approximate surface area is 208 Å². The summed E-state index contributed by atoms with van der Waals surface area (Å²) in [5.74, 6) is -4.10. The third kappa shape index (κ3) is 6.21. The third-order valence-corrected chi connectivity index (χ3v) is 7.62. The van der Waals surface area contributed by atoms with Crippen molar-refractivity contribution in [2.24, 2.45) is 23.2 Å². The summed E-state index contributed by atoms with van der Waals surface area (Å²) in [6.07, 6.45) is 2.85. The summed E-state index contributed by atoms with van der Waals surface area (Å²) in [4.78, 5) is 51.4. The van der Waals surface area contributed by atoms with E-state index in [0.29, 0.717) is 19.3 Å². The van der Waals surface area contributed by atoms with Crippen molar-refractivity contribution in [3.8, 4) is 0 Å². The number of hydrogen-bond donors (Lipinski definition) is 1.